The van der Waals surface area contributed by atoms with Gasteiger partial charge in [0.15, 0.2) is 0 Å². The second-order valence-electron chi connectivity index (χ2n) is 4.59. The summed E-state index contributed by atoms with van der Waals surface area (Å²) >= 11 is 0. The number of ether oxygens (including phenoxy) is 1. The maximum atomic E-state index is 12.6. The highest BCUT2D eigenvalue weighted by molar-refractivity contribution is 7.89. The molecular formula is C11H18N4O4S. The first-order valence-electron chi connectivity index (χ1n) is 6.16. The van der Waals surface area contributed by atoms with Crippen molar-refractivity contribution in [1.29, 1.82) is 0 Å². The van der Waals surface area contributed by atoms with Crippen LogP contribution in [0, 0.1) is 0 Å². The fourth-order valence-electron chi connectivity index (χ4n) is 2.10. The van der Waals surface area contributed by atoms with Crippen LogP contribution in [0.5, 0.6) is 0 Å². The molecular weight excluding hydrogens is 284 g/mol. The minimum absolute atomic E-state index is 0.103. The molecule has 0 aliphatic carbocycles. The standard InChI is InChI=1S/C11H18N4O4S/c1-8-5-15(6-9(7-16)19-8)20(17,18)10-2-3-13-11(4-10)14-12/h2-4,8-9,16H,5-7,12H2,1H3,(H,13,14). The van der Waals surface area contributed by atoms with Crippen LogP contribution >= 0.6 is 0 Å². The minimum Gasteiger partial charge on any atom is -0.394 e. The number of pyridine rings is 1. The van der Waals surface area contributed by atoms with Crippen LogP contribution in [0.2, 0.25) is 0 Å². The number of aliphatic hydroxyl groups excluding tert-OH is 1. The molecule has 2 heterocycles. The molecule has 8 nitrogen and oxygen atoms in total. The zero-order chi connectivity index (χ0) is 14.8. The van der Waals surface area contributed by atoms with E-state index < -0.39 is 16.1 Å². The van der Waals surface area contributed by atoms with Gasteiger partial charge in [-0.15, -0.1) is 0 Å². The van der Waals surface area contributed by atoms with E-state index in [9.17, 15) is 8.42 Å². The molecule has 9 heteroatoms. The van der Waals surface area contributed by atoms with Gasteiger partial charge in [-0.3, -0.25) is 0 Å². The summed E-state index contributed by atoms with van der Waals surface area (Å²) in [6, 6.07) is 2.77. The Bertz CT molecular complexity index is 565. The third kappa shape index (κ3) is 3.07. The van der Waals surface area contributed by atoms with E-state index >= 15 is 0 Å². The number of nitrogens with two attached hydrogens (primary N) is 1. The van der Waals surface area contributed by atoms with Crippen molar-refractivity contribution in [2.45, 2.75) is 24.0 Å². The maximum absolute atomic E-state index is 12.6. The lowest BCUT2D eigenvalue weighted by Crippen LogP contribution is -2.50. The third-order valence-electron chi connectivity index (χ3n) is 3.01. The molecule has 0 bridgehead atoms. The number of rotatable bonds is 4. The van der Waals surface area contributed by atoms with Gasteiger partial charge in [0, 0.05) is 25.4 Å². The molecule has 2 unspecified atom stereocenters. The van der Waals surface area contributed by atoms with Gasteiger partial charge in [0.1, 0.15) is 5.82 Å². The van der Waals surface area contributed by atoms with E-state index in [1.54, 1.807) is 6.92 Å². The molecule has 2 atom stereocenters. The molecule has 0 amide bonds. The van der Waals surface area contributed by atoms with E-state index in [0.29, 0.717) is 0 Å². The molecule has 0 radical (unpaired) electrons. The van der Waals surface area contributed by atoms with Gasteiger partial charge in [0.25, 0.3) is 0 Å². The van der Waals surface area contributed by atoms with Crippen molar-refractivity contribution >= 4 is 15.8 Å². The molecule has 4 N–H and O–H groups in total. The van der Waals surface area contributed by atoms with Crippen molar-refractivity contribution in [1.82, 2.24) is 9.29 Å². The SMILES string of the molecule is CC1CN(S(=O)(=O)c2ccnc(NN)c2)CC(CO)O1. The first-order valence-corrected chi connectivity index (χ1v) is 7.60. The third-order valence-corrected chi connectivity index (χ3v) is 4.84. The number of aliphatic hydroxyl groups is 1. The molecule has 2 rings (SSSR count). The van der Waals surface area contributed by atoms with Crippen LogP contribution in [0.25, 0.3) is 0 Å². The number of anilines is 1. The van der Waals surface area contributed by atoms with E-state index in [-0.39, 0.29) is 36.5 Å². The van der Waals surface area contributed by atoms with Crippen molar-refractivity contribution in [2.24, 2.45) is 5.84 Å². The first kappa shape index (κ1) is 15.1. The largest absolute Gasteiger partial charge is 0.394 e. The molecule has 1 aromatic rings. The summed E-state index contributed by atoms with van der Waals surface area (Å²) in [5.41, 5.74) is 2.31. The second kappa shape index (κ2) is 6.02. The number of hydrogen-bond donors (Lipinski definition) is 3. The van der Waals surface area contributed by atoms with Gasteiger partial charge in [0.05, 0.1) is 23.7 Å². The topological polar surface area (TPSA) is 118 Å². The van der Waals surface area contributed by atoms with Gasteiger partial charge in [-0.2, -0.15) is 4.31 Å². The van der Waals surface area contributed by atoms with E-state index in [4.69, 9.17) is 15.7 Å². The van der Waals surface area contributed by atoms with Crippen molar-refractivity contribution in [3.05, 3.63) is 18.3 Å². The Morgan fingerprint density at radius 2 is 2.35 bits per heavy atom. The Hall–Kier alpha value is -1.26. The summed E-state index contributed by atoms with van der Waals surface area (Å²) in [5.74, 6) is 5.50. The lowest BCUT2D eigenvalue weighted by molar-refractivity contribution is -0.0750. The van der Waals surface area contributed by atoms with Gasteiger partial charge in [-0.1, -0.05) is 0 Å². The number of nitrogens with zero attached hydrogens (tertiary/aromatic N) is 2. The monoisotopic (exact) mass is 302 g/mol. The Kier molecular flexibility index (Phi) is 4.55. The summed E-state index contributed by atoms with van der Waals surface area (Å²) in [7, 11) is -3.66. The number of sulfonamides is 1. The lowest BCUT2D eigenvalue weighted by Gasteiger charge is -2.35. The summed E-state index contributed by atoms with van der Waals surface area (Å²) in [4.78, 5) is 3.98. The minimum atomic E-state index is -3.66. The van der Waals surface area contributed by atoms with Crippen molar-refractivity contribution < 1.29 is 18.3 Å². The summed E-state index contributed by atoms with van der Waals surface area (Å²) in [6.45, 7) is 1.91. The second-order valence-corrected chi connectivity index (χ2v) is 6.53. The highest BCUT2D eigenvalue weighted by Crippen LogP contribution is 2.22. The van der Waals surface area contributed by atoms with Crippen molar-refractivity contribution in [2.75, 3.05) is 25.1 Å². The quantitative estimate of drug-likeness (QED) is 0.489. The number of hydrazine groups is 1. The fourth-order valence-corrected chi connectivity index (χ4v) is 3.66. The van der Waals surface area contributed by atoms with Gasteiger partial charge in [-0.25, -0.2) is 19.2 Å². The Labute approximate surface area is 117 Å². The molecule has 1 fully saturated rings. The number of nitrogen functional groups attached to an aromatic ring is 1. The smallest absolute Gasteiger partial charge is 0.243 e. The predicted octanol–water partition coefficient (Wildman–Crippen LogP) is -0.862. The van der Waals surface area contributed by atoms with Gasteiger partial charge < -0.3 is 15.3 Å². The van der Waals surface area contributed by atoms with Crippen LogP contribution in [0.15, 0.2) is 23.2 Å². The zero-order valence-corrected chi connectivity index (χ0v) is 11.9. The van der Waals surface area contributed by atoms with Crippen LogP contribution in [-0.4, -0.2) is 54.7 Å². The van der Waals surface area contributed by atoms with E-state index in [0.717, 1.165) is 0 Å². The maximum Gasteiger partial charge on any atom is 0.243 e. The summed E-state index contributed by atoms with van der Waals surface area (Å²) in [5, 5.41) is 9.16. The molecule has 20 heavy (non-hydrogen) atoms. The Morgan fingerprint density at radius 3 is 3.00 bits per heavy atom. The van der Waals surface area contributed by atoms with Crippen LogP contribution in [-0.2, 0) is 14.8 Å². The highest BCUT2D eigenvalue weighted by atomic mass is 32.2. The average molecular weight is 302 g/mol. The molecule has 0 spiro atoms. The van der Waals surface area contributed by atoms with E-state index in [2.05, 4.69) is 10.4 Å². The van der Waals surface area contributed by atoms with Crippen LogP contribution in [0.4, 0.5) is 5.82 Å². The van der Waals surface area contributed by atoms with Gasteiger partial charge in [-0.05, 0) is 13.0 Å². The summed E-state index contributed by atoms with van der Waals surface area (Å²) < 4.78 is 31.9. The number of nitrogens with one attached hydrogen (secondary N) is 1. The predicted molar refractivity (Wildman–Crippen MR) is 72.2 cm³/mol. The normalized spacial score (nSPS) is 24.6. The molecule has 1 saturated heterocycles. The van der Waals surface area contributed by atoms with Crippen molar-refractivity contribution in [3.63, 3.8) is 0 Å². The molecule has 0 saturated carbocycles. The average Bonchev–Trinajstić information content (AvgIpc) is 2.46. The first-order chi connectivity index (χ1) is 9.47. The molecule has 1 aliphatic rings. The van der Waals surface area contributed by atoms with E-state index in [1.807, 2.05) is 0 Å². The fraction of sp³-hybridized carbons (Fsp3) is 0.545. The number of aromatic nitrogens is 1. The van der Waals surface area contributed by atoms with Crippen LogP contribution in [0.1, 0.15) is 6.92 Å². The number of morpholine rings is 1. The highest BCUT2D eigenvalue weighted by Gasteiger charge is 2.33. The zero-order valence-electron chi connectivity index (χ0n) is 11.1. The van der Waals surface area contributed by atoms with Crippen LogP contribution in [0.3, 0.4) is 0 Å². The van der Waals surface area contributed by atoms with Crippen molar-refractivity contribution in [3.8, 4) is 0 Å². The molecule has 112 valence electrons. The molecule has 1 aromatic heterocycles. The Morgan fingerprint density at radius 1 is 1.60 bits per heavy atom. The van der Waals surface area contributed by atoms with Gasteiger partial charge in [0.2, 0.25) is 10.0 Å². The van der Waals surface area contributed by atoms with Gasteiger partial charge >= 0.3 is 0 Å². The molecule has 0 aromatic carbocycles. The summed E-state index contributed by atoms with van der Waals surface area (Å²) in [6.07, 6.45) is 0.585. The lowest BCUT2D eigenvalue weighted by atomic mass is 10.2. The number of hydrogen-bond acceptors (Lipinski definition) is 7. The van der Waals surface area contributed by atoms with E-state index in [1.165, 1.54) is 22.6 Å². The molecule has 1 aliphatic heterocycles. The Balaban J connectivity index is 2.29. The van der Waals surface area contributed by atoms with Crippen LogP contribution < -0.4 is 11.3 Å².